The van der Waals surface area contributed by atoms with Gasteiger partial charge in [-0.3, -0.25) is 4.79 Å². The fourth-order valence-corrected chi connectivity index (χ4v) is 1.64. The lowest BCUT2D eigenvalue weighted by Crippen LogP contribution is -2.29. The van der Waals surface area contributed by atoms with Crippen molar-refractivity contribution in [2.24, 2.45) is 5.92 Å². The molecule has 18 heavy (non-hydrogen) atoms. The maximum atomic E-state index is 10.8. The zero-order chi connectivity index (χ0) is 13.7. The van der Waals surface area contributed by atoms with E-state index in [1.54, 1.807) is 19.1 Å². The summed E-state index contributed by atoms with van der Waals surface area (Å²) in [4.78, 5) is 15.0. The van der Waals surface area contributed by atoms with Crippen molar-refractivity contribution < 1.29 is 9.90 Å². The maximum Gasteiger partial charge on any atom is 0.305 e. The summed E-state index contributed by atoms with van der Waals surface area (Å²) in [5.41, 5.74) is 1.25. The highest BCUT2D eigenvalue weighted by Gasteiger charge is 2.17. The Hall–Kier alpha value is -2.09. The second-order valence-electron chi connectivity index (χ2n) is 4.59. The summed E-state index contributed by atoms with van der Waals surface area (Å²) in [6, 6.07) is 5.17. The van der Waals surface area contributed by atoms with Crippen LogP contribution in [0.3, 0.4) is 0 Å². The molecule has 0 aliphatic carbocycles. The van der Waals surface area contributed by atoms with Gasteiger partial charge in [0.2, 0.25) is 0 Å². The van der Waals surface area contributed by atoms with Crippen molar-refractivity contribution in [3.05, 3.63) is 23.4 Å². The number of nitrogens with one attached hydrogen (secondary N) is 1. The molecule has 0 aromatic carbocycles. The summed E-state index contributed by atoms with van der Waals surface area (Å²) < 4.78 is 0. The molecule has 1 aromatic rings. The van der Waals surface area contributed by atoms with E-state index in [1.165, 1.54) is 0 Å². The topological polar surface area (TPSA) is 86.0 Å². The van der Waals surface area contributed by atoms with Crippen LogP contribution in [0.5, 0.6) is 0 Å². The van der Waals surface area contributed by atoms with Crippen LogP contribution in [0.2, 0.25) is 0 Å². The van der Waals surface area contributed by atoms with Crippen LogP contribution in [0.15, 0.2) is 12.1 Å². The Morgan fingerprint density at radius 1 is 1.56 bits per heavy atom. The third-order valence-corrected chi connectivity index (χ3v) is 2.62. The monoisotopic (exact) mass is 247 g/mol. The SMILES string of the molecule is Cc1cc(C#N)cc(NC(CC(=O)O)C(C)C)n1. The molecule has 5 nitrogen and oxygen atoms in total. The molecule has 1 atom stereocenters. The van der Waals surface area contributed by atoms with Crippen LogP contribution in [0, 0.1) is 24.2 Å². The van der Waals surface area contributed by atoms with Crippen LogP contribution in [-0.4, -0.2) is 22.1 Å². The number of aromatic nitrogens is 1. The average Bonchev–Trinajstić information content (AvgIpc) is 2.26. The molecule has 0 fully saturated rings. The van der Waals surface area contributed by atoms with E-state index in [9.17, 15) is 4.79 Å². The Bertz CT molecular complexity index is 478. The molecule has 0 radical (unpaired) electrons. The Morgan fingerprint density at radius 2 is 2.22 bits per heavy atom. The van der Waals surface area contributed by atoms with Gasteiger partial charge < -0.3 is 10.4 Å². The molecule has 0 aliphatic rings. The van der Waals surface area contributed by atoms with Crippen LogP contribution in [0.25, 0.3) is 0 Å². The van der Waals surface area contributed by atoms with Crippen LogP contribution in [0.4, 0.5) is 5.82 Å². The highest BCUT2D eigenvalue weighted by atomic mass is 16.4. The summed E-state index contributed by atoms with van der Waals surface area (Å²) in [5, 5.41) is 20.8. The molecule has 1 rings (SSSR count). The van der Waals surface area contributed by atoms with Gasteiger partial charge in [-0.05, 0) is 25.0 Å². The largest absolute Gasteiger partial charge is 0.481 e. The van der Waals surface area contributed by atoms with Crippen molar-refractivity contribution in [3.63, 3.8) is 0 Å². The minimum absolute atomic E-state index is 0.0230. The number of hydrogen-bond acceptors (Lipinski definition) is 4. The molecule has 0 saturated carbocycles. The molecule has 0 spiro atoms. The molecule has 0 amide bonds. The Kier molecular flexibility index (Phi) is 4.67. The molecule has 96 valence electrons. The molecule has 1 unspecified atom stereocenters. The second kappa shape index (κ2) is 6.01. The van der Waals surface area contributed by atoms with Crippen molar-refractivity contribution in [1.29, 1.82) is 5.26 Å². The number of nitriles is 1. The Balaban J connectivity index is 2.90. The van der Waals surface area contributed by atoms with Crippen LogP contribution >= 0.6 is 0 Å². The minimum Gasteiger partial charge on any atom is -0.481 e. The van der Waals surface area contributed by atoms with Gasteiger partial charge in [0, 0.05) is 11.7 Å². The minimum atomic E-state index is -0.852. The number of rotatable bonds is 5. The predicted octanol–water partition coefficient (Wildman–Crippen LogP) is 2.17. The van der Waals surface area contributed by atoms with E-state index in [-0.39, 0.29) is 18.4 Å². The number of nitrogens with zero attached hydrogens (tertiary/aromatic N) is 2. The van der Waals surface area contributed by atoms with E-state index in [0.29, 0.717) is 11.4 Å². The molecule has 0 aliphatic heterocycles. The van der Waals surface area contributed by atoms with Gasteiger partial charge in [-0.25, -0.2) is 4.98 Å². The predicted molar refractivity (Wildman–Crippen MR) is 68.2 cm³/mol. The summed E-state index contributed by atoms with van der Waals surface area (Å²) in [5.74, 6) is -0.144. The summed E-state index contributed by atoms with van der Waals surface area (Å²) >= 11 is 0. The molecule has 0 bridgehead atoms. The van der Waals surface area contributed by atoms with Gasteiger partial charge in [0.25, 0.3) is 0 Å². The maximum absolute atomic E-state index is 10.8. The highest BCUT2D eigenvalue weighted by molar-refractivity contribution is 5.68. The average molecular weight is 247 g/mol. The number of carboxylic acids is 1. The normalized spacial score (nSPS) is 11.9. The standard InChI is InChI=1S/C13H17N3O2/c1-8(2)11(6-13(17)18)16-12-5-10(7-14)4-9(3)15-12/h4-5,8,11H,6H2,1-3H3,(H,15,16)(H,17,18). The first-order valence-electron chi connectivity index (χ1n) is 5.79. The number of pyridine rings is 1. The van der Waals surface area contributed by atoms with E-state index in [1.807, 2.05) is 13.8 Å². The number of aliphatic carboxylic acids is 1. The first kappa shape index (κ1) is 14.0. The van der Waals surface area contributed by atoms with Gasteiger partial charge in [-0.1, -0.05) is 13.8 Å². The second-order valence-corrected chi connectivity index (χ2v) is 4.59. The number of hydrogen-bond donors (Lipinski definition) is 2. The van der Waals surface area contributed by atoms with Gasteiger partial charge in [0.1, 0.15) is 5.82 Å². The van der Waals surface area contributed by atoms with Crippen molar-refractivity contribution in [2.45, 2.75) is 33.2 Å². The molecule has 1 aromatic heterocycles. The zero-order valence-corrected chi connectivity index (χ0v) is 10.8. The van der Waals surface area contributed by atoms with Crippen LogP contribution < -0.4 is 5.32 Å². The van der Waals surface area contributed by atoms with Gasteiger partial charge in [-0.15, -0.1) is 0 Å². The summed E-state index contributed by atoms with van der Waals surface area (Å²) in [7, 11) is 0. The van der Waals surface area contributed by atoms with E-state index < -0.39 is 5.97 Å². The van der Waals surface area contributed by atoms with E-state index >= 15 is 0 Å². The van der Waals surface area contributed by atoms with E-state index in [0.717, 1.165) is 5.69 Å². The van der Waals surface area contributed by atoms with Gasteiger partial charge in [-0.2, -0.15) is 5.26 Å². The third kappa shape index (κ3) is 4.06. The molecule has 2 N–H and O–H groups in total. The lowest BCUT2D eigenvalue weighted by atomic mass is 10.0. The highest BCUT2D eigenvalue weighted by Crippen LogP contribution is 2.15. The third-order valence-electron chi connectivity index (χ3n) is 2.62. The fourth-order valence-electron chi connectivity index (χ4n) is 1.64. The van der Waals surface area contributed by atoms with Crippen molar-refractivity contribution in [3.8, 4) is 6.07 Å². The Morgan fingerprint density at radius 3 is 2.72 bits per heavy atom. The summed E-state index contributed by atoms with van der Waals surface area (Å²) in [6.07, 6.45) is 0.0230. The molecule has 5 heteroatoms. The van der Waals surface area contributed by atoms with Crippen LogP contribution in [0.1, 0.15) is 31.5 Å². The zero-order valence-electron chi connectivity index (χ0n) is 10.8. The van der Waals surface area contributed by atoms with E-state index in [2.05, 4.69) is 16.4 Å². The quantitative estimate of drug-likeness (QED) is 0.832. The first-order chi connectivity index (χ1) is 8.42. The number of carbonyl (C=O) groups is 1. The Labute approximate surface area is 106 Å². The lowest BCUT2D eigenvalue weighted by Gasteiger charge is -2.21. The molecular weight excluding hydrogens is 230 g/mol. The van der Waals surface area contributed by atoms with Gasteiger partial charge in [0.15, 0.2) is 0 Å². The molecule has 1 heterocycles. The van der Waals surface area contributed by atoms with Crippen molar-refractivity contribution in [1.82, 2.24) is 4.98 Å². The van der Waals surface area contributed by atoms with Crippen LogP contribution in [-0.2, 0) is 4.79 Å². The van der Waals surface area contributed by atoms with E-state index in [4.69, 9.17) is 10.4 Å². The number of carboxylic acid groups (broad SMARTS) is 1. The number of anilines is 1. The molecular formula is C13H17N3O2. The first-order valence-corrected chi connectivity index (χ1v) is 5.79. The van der Waals surface area contributed by atoms with Gasteiger partial charge >= 0.3 is 5.97 Å². The van der Waals surface area contributed by atoms with Crippen molar-refractivity contribution in [2.75, 3.05) is 5.32 Å². The van der Waals surface area contributed by atoms with Crippen molar-refractivity contribution >= 4 is 11.8 Å². The van der Waals surface area contributed by atoms with Gasteiger partial charge in [0.05, 0.1) is 18.1 Å². The molecule has 0 saturated heterocycles. The smallest absolute Gasteiger partial charge is 0.305 e. The fraction of sp³-hybridized carbons (Fsp3) is 0.462. The lowest BCUT2D eigenvalue weighted by molar-refractivity contribution is -0.137. The summed E-state index contributed by atoms with van der Waals surface area (Å²) in [6.45, 7) is 5.69. The number of aryl methyl sites for hydroxylation is 1.